The van der Waals surface area contributed by atoms with Crippen LogP contribution < -0.4 is 4.90 Å². The SMILES string of the molecule is CCC/C(=C\c1ccc(O)cc1Cl)CC[C@@H](O)C1=C(CC)C[C@H]2C(=O)N(c3cccc([N+](=O)[O-])c3)C(=O)[C@H]2[C@H]1CO. The molecule has 9 nitrogen and oxygen atoms in total. The van der Waals surface area contributed by atoms with Crippen LogP contribution in [0.25, 0.3) is 6.08 Å². The van der Waals surface area contributed by atoms with E-state index in [1.807, 2.05) is 13.0 Å². The van der Waals surface area contributed by atoms with Crippen molar-refractivity contribution in [3.63, 3.8) is 0 Å². The maximum atomic E-state index is 13.7. The number of halogens is 1. The van der Waals surface area contributed by atoms with Crippen LogP contribution in [0.5, 0.6) is 5.75 Å². The summed E-state index contributed by atoms with van der Waals surface area (Å²) in [5, 5.41) is 43.3. The molecule has 3 N–H and O–H groups in total. The number of nitro benzene ring substituents is 1. The highest BCUT2D eigenvalue weighted by molar-refractivity contribution is 6.32. The monoisotopic (exact) mass is 582 g/mol. The summed E-state index contributed by atoms with van der Waals surface area (Å²) in [4.78, 5) is 38.8. The number of fused-ring (bicyclic) bond motifs is 1. The lowest BCUT2D eigenvalue weighted by atomic mass is 9.67. The number of phenols is 1. The van der Waals surface area contributed by atoms with Gasteiger partial charge in [-0.15, -0.1) is 0 Å². The maximum Gasteiger partial charge on any atom is 0.271 e. The molecule has 4 atom stereocenters. The van der Waals surface area contributed by atoms with Crippen molar-refractivity contribution >= 4 is 40.9 Å². The molecule has 2 amide bonds. The number of amides is 2. The van der Waals surface area contributed by atoms with Gasteiger partial charge in [-0.1, -0.05) is 55.2 Å². The van der Waals surface area contributed by atoms with Crippen molar-refractivity contribution in [1.82, 2.24) is 0 Å². The third-order valence-electron chi connectivity index (χ3n) is 8.12. The van der Waals surface area contributed by atoms with Crippen LogP contribution in [0.15, 0.2) is 59.2 Å². The summed E-state index contributed by atoms with van der Waals surface area (Å²) in [5.74, 6) is -3.22. The molecule has 0 unspecified atom stereocenters. The van der Waals surface area contributed by atoms with Crippen molar-refractivity contribution in [2.75, 3.05) is 11.5 Å². The number of aliphatic hydroxyl groups is 2. The number of rotatable bonds is 11. The molecular weight excluding hydrogens is 548 g/mol. The number of hydrogen-bond acceptors (Lipinski definition) is 7. The average Bonchev–Trinajstić information content (AvgIpc) is 3.20. The molecule has 218 valence electrons. The second kappa shape index (κ2) is 13.0. The number of aliphatic hydroxyl groups excluding tert-OH is 2. The molecule has 2 aliphatic rings. The molecule has 2 aromatic carbocycles. The normalized spacial score (nSPS) is 21.8. The van der Waals surface area contributed by atoms with Crippen molar-refractivity contribution in [1.29, 1.82) is 0 Å². The lowest BCUT2D eigenvalue weighted by Crippen LogP contribution is -2.39. The van der Waals surface area contributed by atoms with Crippen molar-refractivity contribution < 1.29 is 29.8 Å². The van der Waals surface area contributed by atoms with Crippen LogP contribution in [-0.4, -0.2) is 44.8 Å². The Labute approximate surface area is 243 Å². The maximum absolute atomic E-state index is 13.7. The molecule has 41 heavy (non-hydrogen) atoms. The fourth-order valence-corrected chi connectivity index (χ4v) is 6.45. The van der Waals surface area contributed by atoms with Gasteiger partial charge in [0.05, 0.1) is 40.2 Å². The average molecular weight is 583 g/mol. The first kappa shape index (κ1) is 30.4. The van der Waals surface area contributed by atoms with Gasteiger partial charge < -0.3 is 15.3 Å². The number of nitro groups is 1. The Morgan fingerprint density at radius 1 is 1.17 bits per heavy atom. The molecule has 1 saturated heterocycles. The van der Waals surface area contributed by atoms with Gasteiger partial charge in [-0.25, -0.2) is 4.90 Å². The van der Waals surface area contributed by atoms with Crippen LogP contribution >= 0.6 is 11.6 Å². The van der Waals surface area contributed by atoms with E-state index in [9.17, 15) is 35.0 Å². The molecule has 2 aromatic rings. The van der Waals surface area contributed by atoms with E-state index in [-0.39, 0.29) is 23.5 Å². The number of hydrogen-bond donors (Lipinski definition) is 3. The van der Waals surface area contributed by atoms with Crippen LogP contribution in [0.3, 0.4) is 0 Å². The minimum absolute atomic E-state index is 0.0771. The molecule has 1 aliphatic heterocycles. The number of non-ortho nitro benzene ring substituents is 1. The van der Waals surface area contributed by atoms with E-state index >= 15 is 0 Å². The summed E-state index contributed by atoms with van der Waals surface area (Å²) in [7, 11) is 0. The number of anilines is 1. The van der Waals surface area contributed by atoms with E-state index < -0.39 is 47.2 Å². The number of benzene rings is 2. The van der Waals surface area contributed by atoms with Gasteiger partial charge in [0.2, 0.25) is 11.8 Å². The van der Waals surface area contributed by atoms with Gasteiger partial charge in [-0.2, -0.15) is 0 Å². The summed E-state index contributed by atoms with van der Waals surface area (Å²) in [6.07, 6.45) is 4.41. The Hall–Kier alpha value is -3.53. The Morgan fingerprint density at radius 3 is 2.56 bits per heavy atom. The van der Waals surface area contributed by atoms with Crippen LogP contribution in [-0.2, 0) is 9.59 Å². The second-order valence-corrected chi connectivity index (χ2v) is 11.0. The van der Waals surface area contributed by atoms with E-state index in [2.05, 4.69) is 6.92 Å². The zero-order valence-corrected chi connectivity index (χ0v) is 23.9. The molecule has 0 spiro atoms. The van der Waals surface area contributed by atoms with Gasteiger partial charge in [0, 0.05) is 18.1 Å². The van der Waals surface area contributed by atoms with E-state index in [1.54, 1.807) is 12.1 Å². The second-order valence-electron chi connectivity index (χ2n) is 10.6. The van der Waals surface area contributed by atoms with Gasteiger partial charge >= 0.3 is 0 Å². The summed E-state index contributed by atoms with van der Waals surface area (Å²) in [5.41, 5.74) is 3.18. The van der Waals surface area contributed by atoms with E-state index in [4.69, 9.17) is 11.6 Å². The minimum Gasteiger partial charge on any atom is -0.508 e. The summed E-state index contributed by atoms with van der Waals surface area (Å²) in [6.45, 7) is 3.56. The number of allylic oxidation sites excluding steroid dienone is 2. The van der Waals surface area contributed by atoms with Crippen LogP contribution in [0.2, 0.25) is 5.02 Å². The molecular formula is C31H35ClN2O7. The highest BCUT2D eigenvalue weighted by Gasteiger charge is 2.55. The number of carbonyl (C=O) groups excluding carboxylic acids is 2. The first-order valence-corrected chi connectivity index (χ1v) is 14.3. The van der Waals surface area contributed by atoms with Gasteiger partial charge in [0.15, 0.2) is 0 Å². The summed E-state index contributed by atoms with van der Waals surface area (Å²) < 4.78 is 0. The largest absolute Gasteiger partial charge is 0.508 e. The predicted octanol–water partition coefficient (Wildman–Crippen LogP) is 5.80. The fraction of sp³-hybridized carbons (Fsp3) is 0.419. The molecule has 10 heteroatoms. The number of phenolic OH excluding ortho intramolecular Hbond substituents is 1. The van der Waals surface area contributed by atoms with Crippen molar-refractivity contribution in [3.05, 3.63) is 79.9 Å². The zero-order valence-electron chi connectivity index (χ0n) is 23.1. The van der Waals surface area contributed by atoms with E-state index in [0.717, 1.165) is 34.5 Å². The van der Waals surface area contributed by atoms with Crippen molar-refractivity contribution in [2.45, 2.75) is 58.5 Å². The Balaban J connectivity index is 1.60. The molecule has 0 saturated carbocycles. The highest BCUT2D eigenvalue weighted by atomic mass is 35.5. The van der Waals surface area contributed by atoms with Gasteiger partial charge in [-0.3, -0.25) is 19.7 Å². The summed E-state index contributed by atoms with van der Waals surface area (Å²) >= 11 is 6.31. The molecule has 0 radical (unpaired) electrons. The topological polar surface area (TPSA) is 141 Å². The van der Waals surface area contributed by atoms with Crippen molar-refractivity contribution in [3.8, 4) is 5.75 Å². The number of carbonyl (C=O) groups is 2. The smallest absolute Gasteiger partial charge is 0.271 e. The van der Waals surface area contributed by atoms with E-state index in [0.29, 0.717) is 29.9 Å². The van der Waals surface area contributed by atoms with Gasteiger partial charge in [0.1, 0.15) is 5.75 Å². The lowest BCUT2D eigenvalue weighted by Gasteiger charge is -2.36. The Kier molecular flexibility index (Phi) is 9.63. The van der Waals surface area contributed by atoms with Gasteiger partial charge in [0.25, 0.3) is 5.69 Å². The first-order valence-electron chi connectivity index (χ1n) is 13.9. The standard InChI is InChI=1S/C31H35ClN2O7/c1-3-6-18(13-20-10-11-23(36)16-26(20)32)9-12-27(37)28-19(4-2)14-24-29(25(28)17-35)31(39)33(30(24)38)21-7-5-8-22(15-21)34(40)41/h5,7-8,10-11,13,15-16,24-25,27,29,35-37H,3-4,6,9,12,14,17H2,1-2H3/b18-13+/t24-,25+,27-,29-/m1/s1. The number of imide groups is 1. The minimum atomic E-state index is -0.937. The number of nitrogens with zero attached hydrogens (tertiary/aromatic N) is 2. The zero-order chi connectivity index (χ0) is 29.8. The first-order chi connectivity index (χ1) is 19.6. The van der Waals surface area contributed by atoms with Crippen LogP contribution in [0.1, 0.15) is 57.9 Å². The van der Waals surface area contributed by atoms with E-state index in [1.165, 1.54) is 30.3 Å². The fourth-order valence-electron chi connectivity index (χ4n) is 6.22. The predicted molar refractivity (Wildman–Crippen MR) is 156 cm³/mol. The van der Waals surface area contributed by atoms with Crippen LogP contribution in [0.4, 0.5) is 11.4 Å². The van der Waals surface area contributed by atoms with Crippen LogP contribution in [0, 0.1) is 27.9 Å². The number of aromatic hydroxyl groups is 1. The molecule has 1 aliphatic carbocycles. The Morgan fingerprint density at radius 2 is 1.93 bits per heavy atom. The molecule has 1 fully saturated rings. The van der Waals surface area contributed by atoms with Crippen molar-refractivity contribution in [2.24, 2.45) is 17.8 Å². The summed E-state index contributed by atoms with van der Waals surface area (Å²) in [6, 6.07) is 10.2. The molecule has 4 rings (SSSR count). The molecule has 1 heterocycles. The quantitative estimate of drug-likeness (QED) is 0.131. The lowest BCUT2D eigenvalue weighted by molar-refractivity contribution is -0.384. The molecule has 0 aromatic heterocycles. The Bertz CT molecular complexity index is 1400. The molecule has 0 bridgehead atoms. The highest BCUT2D eigenvalue weighted by Crippen LogP contribution is 2.48. The third-order valence-corrected chi connectivity index (χ3v) is 8.45. The third kappa shape index (κ3) is 6.22. The van der Waals surface area contributed by atoms with Gasteiger partial charge in [-0.05, 0) is 67.5 Å².